The Balaban J connectivity index is 2.11. The molecule has 0 spiro atoms. The van der Waals surface area contributed by atoms with E-state index in [0.29, 0.717) is 0 Å². The smallest absolute Gasteiger partial charge is 0.0441 e. The van der Waals surface area contributed by atoms with Gasteiger partial charge in [-0.15, -0.1) is 0 Å². The van der Waals surface area contributed by atoms with Gasteiger partial charge in [-0.1, -0.05) is 6.07 Å². The number of rotatable bonds is 4. The molecule has 84 valence electrons. The fourth-order valence-corrected chi connectivity index (χ4v) is 1.72. The molecular weight excluding hydrogens is 198 g/mol. The monoisotopic (exact) mass is 215 g/mol. The summed E-state index contributed by atoms with van der Waals surface area (Å²) in [5.41, 5.74) is 3.64. The summed E-state index contributed by atoms with van der Waals surface area (Å²) >= 11 is 0. The number of hydrogen-bond donors (Lipinski definition) is 2. The zero-order chi connectivity index (χ0) is 11.4. The molecule has 0 aliphatic heterocycles. The summed E-state index contributed by atoms with van der Waals surface area (Å²) in [5.74, 6) is 0. The van der Waals surface area contributed by atoms with E-state index in [1.807, 2.05) is 19.4 Å². The summed E-state index contributed by atoms with van der Waals surface area (Å²) in [6, 6.07) is 10.5. The summed E-state index contributed by atoms with van der Waals surface area (Å²) < 4.78 is 0. The molecule has 2 aromatic rings. The highest BCUT2D eigenvalue weighted by Gasteiger charge is 2.02. The van der Waals surface area contributed by atoms with Crippen LogP contribution in [-0.4, -0.2) is 19.1 Å². The van der Waals surface area contributed by atoms with Gasteiger partial charge in [0.15, 0.2) is 0 Å². The second kappa shape index (κ2) is 4.75. The van der Waals surface area contributed by atoms with E-state index in [4.69, 9.17) is 0 Å². The van der Waals surface area contributed by atoms with E-state index in [1.54, 1.807) is 0 Å². The normalized spacial score (nSPS) is 10.1. The van der Waals surface area contributed by atoms with Crippen LogP contribution >= 0.6 is 0 Å². The van der Waals surface area contributed by atoms with Crippen molar-refractivity contribution in [1.82, 2.24) is 4.98 Å². The third-order valence-electron chi connectivity index (χ3n) is 2.66. The first-order chi connectivity index (χ1) is 7.79. The third kappa shape index (κ3) is 2.37. The van der Waals surface area contributed by atoms with E-state index in [2.05, 4.69) is 52.6 Å². The minimum absolute atomic E-state index is 0.913. The van der Waals surface area contributed by atoms with Crippen molar-refractivity contribution in [2.45, 2.75) is 6.54 Å². The predicted octanol–water partition coefficient (Wildman–Crippen LogP) is 2.69. The quantitative estimate of drug-likeness (QED) is 0.821. The fourth-order valence-electron chi connectivity index (χ4n) is 1.72. The van der Waals surface area contributed by atoms with E-state index in [9.17, 15) is 0 Å². The summed E-state index contributed by atoms with van der Waals surface area (Å²) in [6.07, 6.45) is 3.98. The maximum Gasteiger partial charge on any atom is 0.0441 e. The molecule has 0 amide bonds. The predicted molar refractivity (Wildman–Crippen MR) is 68.9 cm³/mol. The molecule has 0 atom stereocenters. The van der Waals surface area contributed by atoms with Gasteiger partial charge < -0.3 is 15.2 Å². The first-order valence-corrected chi connectivity index (χ1v) is 5.40. The van der Waals surface area contributed by atoms with Crippen LogP contribution in [0, 0.1) is 0 Å². The van der Waals surface area contributed by atoms with Crippen LogP contribution in [0.4, 0.5) is 11.4 Å². The number of nitrogens with zero attached hydrogens (tertiary/aromatic N) is 1. The van der Waals surface area contributed by atoms with Crippen molar-refractivity contribution in [2.24, 2.45) is 0 Å². The average molecular weight is 215 g/mol. The Morgan fingerprint density at radius 3 is 2.88 bits per heavy atom. The van der Waals surface area contributed by atoms with Crippen LogP contribution in [0.25, 0.3) is 0 Å². The number of benzene rings is 1. The molecule has 0 saturated carbocycles. The molecule has 0 radical (unpaired) electrons. The maximum absolute atomic E-state index is 3.15. The lowest BCUT2D eigenvalue weighted by molar-refractivity contribution is 0.925. The molecule has 1 aromatic carbocycles. The number of H-pyrrole nitrogens is 1. The fraction of sp³-hybridized carbons (Fsp3) is 0.231. The SMILES string of the molecule is CNc1cccc(N(C)Cc2cc[nH]c2)c1. The van der Waals surface area contributed by atoms with Crippen LogP contribution in [0.2, 0.25) is 0 Å². The van der Waals surface area contributed by atoms with Gasteiger partial charge in [0, 0.05) is 44.4 Å². The number of nitrogens with one attached hydrogen (secondary N) is 2. The van der Waals surface area contributed by atoms with E-state index in [0.717, 1.165) is 12.2 Å². The molecule has 0 saturated heterocycles. The molecule has 0 aliphatic carbocycles. The molecule has 0 unspecified atom stereocenters. The highest BCUT2D eigenvalue weighted by molar-refractivity contribution is 5.57. The van der Waals surface area contributed by atoms with Crippen molar-refractivity contribution in [3.05, 3.63) is 48.3 Å². The van der Waals surface area contributed by atoms with Crippen LogP contribution in [0.1, 0.15) is 5.56 Å². The Morgan fingerprint density at radius 1 is 1.31 bits per heavy atom. The zero-order valence-corrected chi connectivity index (χ0v) is 9.70. The molecule has 2 rings (SSSR count). The van der Waals surface area contributed by atoms with Gasteiger partial charge in [-0.05, 0) is 29.8 Å². The van der Waals surface area contributed by atoms with Gasteiger partial charge in [-0.3, -0.25) is 0 Å². The Kier molecular flexibility index (Phi) is 3.15. The highest BCUT2D eigenvalue weighted by Crippen LogP contribution is 2.19. The van der Waals surface area contributed by atoms with Gasteiger partial charge in [-0.2, -0.15) is 0 Å². The Labute approximate surface area is 96.1 Å². The molecule has 3 heteroatoms. The zero-order valence-electron chi connectivity index (χ0n) is 9.70. The van der Waals surface area contributed by atoms with Crippen molar-refractivity contribution in [3.63, 3.8) is 0 Å². The highest BCUT2D eigenvalue weighted by atomic mass is 15.1. The number of anilines is 2. The van der Waals surface area contributed by atoms with Crippen LogP contribution < -0.4 is 10.2 Å². The molecule has 16 heavy (non-hydrogen) atoms. The largest absolute Gasteiger partial charge is 0.388 e. The van der Waals surface area contributed by atoms with E-state index in [1.165, 1.54) is 11.3 Å². The molecule has 3 nitrogen and oxygen atoms in total. The molecule has 0 fully saturated rings. The van der Waals surface area contributed by atoms with Crippen LogP contribution in [-0.2, 0) is 6.54 Å². The molecule has 2 N–H and O–H groups in total. The first kappa shape index (κ1) is 10.6. The van der Waals surface area contributed by atoms with Gasteiger partial charge in [0.2, 0.25) is 0 Å². The molecule has 0 aliphatic rings. The van der Waals surface area contributed by atoms with Crippen molar-refractivity contribution < 1.29 is 0 Å². The average Bonchev–Trinajstić information content (AvgIpc) is 2.82. The van der Waals surface area contributed by atoms with Crippen molar-refractivity contribution in [3.8, 4) is 0 Å². The lowest BCUT2D eigenvalue weighted by atomic mass is 10.2. The lowest BCUT2D eigenvalue weighted by Crippen LogP contribution is -2.15. The lowest BCUT2D eigenvalue weighted by Gasteiger charge is -2.19. The second-order valence-electron chi connectivity index (χ2n) is 3.88. The number of hydrogen-bond acceptors (Lipinski definition) is 2. The summed E-state index contributed by atoms with van der Waals surface area (Å²) in [6.45, 7) is 0.913. The third-order valence-corrected chi connectivity index (χ3v) is 2.66. The van der Waals surface area contributed by atoms with Gasteiger partial charge >= 0.3 is 0 Å². The van der Waals surface area contributed by atoms with Crippen molar-refractivity contribution in [1.29, 1.82) is 0 Å². The molecule has 0 bridgehead atoms. The summed E-state index contributed by atoms with van der Waals surface area (Å²) in [7, 11) is 4.03. The molecular formula is C13H17N3. The van der Waals surface area contributed by atoms with E-state index in [-0.39, 0.29) is 0 Å². The Bertz CT molecular complexity index is 434. The van der Waals surface area contributed by atoms with Crippen molar-refractivity contribution in [2.75, 3.05) is 24.3 Å². The van der Waals surface area contributed by atoms with Crippen LogP contribution in [0.3, 0.4) is 0 Å². The maximum atomic E-state index is 3.15. The number of aromatic nitrogens is 1. The van der Waals surface area contributed by atoms with Crippen LogP contribution in [0.5, 0.6) is 0 Å². The van der Waals surface area contributed by atoms with Crippen molar-refractivity contribution >= 4 is 11.4 Å². The minimum Gasteiger partial charge on any atom is -0.388 e. The van der Waals surface area contributed by atoms with Gasteiger partial charge in [0.05, 0.1) is 0 Å². The summed E-state index contributed by atoms with van der Waals surface area (Å²) in [5, 5.41) is 3.15. The standard InChI is InChI=1S/C13H17N3/c1-14-12-4-3-5-13(8-12)16(2)10-11-6-7-15-9-11/h3-9,14-15H,10H2,1-2H3. The Morgan fingerprint density at radius 2 is 2.19 bits per heavy atom. The van der Waals surface area contributed by atoms with Gasteiger partial charge in [-0.25, -0.2) is 0 Å². The Hall–Kier alpha value is -1.90. The first-order valence-electron chi connectivity index (χ1n) is 5.40. The van der Waals surface area contributed by atoms with Gasteiger partial charge in [0.25, 0.3) is 0 Å². The minimum atomic E-state index is 0.913. The van der Waals surface area contributed by atoms with E-state index >= 15 is 0 Å². The van der Waals surface area contributed by atoms with E-state index < -0.39 is 0 Å². The molecule has 1 aromatic heterocycles. The number of aromatic amines is 1. The van der Waals surface area contributed by atoms with Gasteiger partial charge in [0.1, 0.15) is 0 Å². The topological polar surface area (TPSA) is 31.1 Å². The van der Waals surface area contributed by atoms with Crippen LogP contribution in [0.15, 0.2) is 42.7 Å². The molecule has 1 heterocycles. The second-order valence-corrected chi connectivity index (χ2v) is 3.88. The summed E-state index contributed by atoms with van der Waals surface area (Å²) in [4.78, 5) is 5.30.